The summed E-state index contributed by atoms with van der Waals surface area (Å²) < 4.78 is 36.4. The highest BCUT2D eigenvalue weighted by Crippen LogP contribution is 2.40. The number of methoxy groups -OCH3 is 1. The van der Waals surface area contributed by atoms with Crippen LogP contribution >= 0.6 is 0 Å². The van der Waals surface area contributed by atoms with E-state index in [4.69, 9.17) is 10.5 Å². The monoisotopic (exact) mass is 509 g/mol. The van der Waals surface area contributed by atoms with Crippen molar-refractivity contribution in [1.29, 1.82) is 0 Å². The molecule has 192 valence electrons. The largest absolute Gasteiger partial charge is 0.496 e. The van der Waals surface area contributed by atoms with E-state index in [9.17, 15) is 14.3 Å². The van der Waals surface area contributed by atoms with Gasteiger partial charge in [-0.2, -0.15) is 5.10 Å². The third-order valence-electron chi connectivity index (χ3n) is 6.54. The van der Waals surface area contributed by atoms with Crippen LogP contribution in [0.2, 0.25) is 0 Å². The molecule has 0 aliphatic carbocycles. The number of aryl methyl sites for hydroxylation is 1. The van der Waals surface area contributed by atoms with Gasteiger partial charge in [0.25, 0.3) is 5.91 Å². The van der Waals surface area contributed by atoms with Crippen LogP contribution in [0.1, 0.15) is 16.9 Å². The summed E-state index contributed by atoms with van der Waals surface area (Å²) in [7, 11) is 3.01. The van der Waals surface area contributed by atoms with Crippen molar-refractivity contribution < 1.29 is 23.4 Å². The summed E-state index contributed by atoms with van der Waals surface area (Å²) in [6, 6.07) is 6.44. The maximum absolute atomic E-state index is 15.1. The molecule has 4 N–H and O–H groups in total. The van der Waals surface area contributed by atoms with Crippen molar-refractivity contribution in [2.45, 2.75) is 18.6 Å². The number of hydrogen-bond acceptors (Lipinski definition) is 8. The van der Waals surface area contributed by atoms with Crippen LogP contribution in [0.5, 0.6) is 5.75 Å². The summed E-state index contributed by atoms with van der Waals surface area (Å²) >= 11 is 0. The van der Waals surface area contributed by atoms with E-state index in [2.05, 4.69) is 20.4 Å². The maximum Gasteiger partial charge on any atom is 0.274 e. The van der Waals surface area contributed by atoms with Gasteiger partial charge >= 0.3 is 0 Å². The number of halogens is 2. The van der Waals surface area contributed by atoms with E-state index in [-0.39, 0.29) is 40.6 Å². The number of ether oxygens (including phenoxy) is 1. The van der Waals surface area contributed by atoms with Crippen molar-refractivity contribution in [2.75, 3.05) is 30.4 Å². The standard InChI is InChI=1S/C25H25F2N7O3/c1-33-22-13(12-30-33)23(34-9-7-19(35)18(34)11-28)17(10-15(22)27)32-25(36)16-6-8-29-24(31-16)21-14(26)4-3-5-20(21)37-2/h3-6,8,10,12,18-19,35H,7,9,11,28H2,1-2H3,(H,32,36)/t18-,19+/m0/s1. The number of nitrogens with one attached hydrogen (secondary N) is 1. The Bertz CT molecular complexity index is 1490. The van der Waals surface area contributed by atoms with Crippen LogP contribution in [-0.2, 0) is 7.05 Å². The van der Waals surface area contributed by atoms with Crippen molar-refractivity contribution in [3.8, 4) is 17.1 Å². The van der Waals surface area contributed by atoms with Crippen LogP contribution in [-0.4, -0.2) is 63.1 Å². The lowest BCUT2D eigenvalue weighted by molar-refractivity contribution is 0.102. The molecule has 12 heteroatoms. The number of aliphatic hydroxyl groups is 1. The number of aliphatic hydroxyl groups excluding tert-OH is 1. The molecule has 37 heavy (non-hydrogen) atoms. The van der Waals surface area contributed by atoms with E-state index in [1.807, 2.05) is 4.90 Å². The second-order valence-corrected chi connectivity index (χ2v) is 8.67. The molecule has 1 fully saturated rings. The summed E-state index contributed by atoms with van der Waals surface area (Å²) in [6.07, 6.45) is 2.63. The Morgan fingerprint density at radius 3 is 2.86 bits per heavy atom. The highest BCUT2D eigenvalue weighted by Gasteiger charge is 2.35. The quantitative estimate of drug-likeness (QED) is 0.361. The predicted octanol–water partition coefficient (Wildman–Crippen LogP) is 2.47. The van der Waals surface area contributed by atoms with Gasteiger partial charge in [0, 0.05) is 37.8 Å². The van der Waals surface area contributed by atoms with Crippen LogP contribution in [0.4, 0.5) is 20.2 Å². The second-order valence-electron chi connectivity index (χ2n) is 8.67. The molecule has 1 aliphatic heterocycles. The smallest absolute Gasteiger partial charge is 0.274 e. The van der Waals surface area contributed by atoms with Crippen LogP contribution in [0.25, 0.3) is 22.3 Å². The van der Waals surface area contributed by atoms with Gasteiger partial charge in [-0.1, -0.05) is 6.07 Å². The molecular weight excluding hydrogens is 484 g/mol. The minimum Gasteiger partial charge on any atom is -0.496 e. The fraction of sp³-hybridized carbons (Fsp3) is 0.280. The number of aromatic nitrogens is 4. The number of rotatable bonds is 6. The Kier molecular flexibility index (Phi) is 6.44. The Morgan fingerprint density at radius 2 is 2.11 bits per heavy atom. The van der Waals surface area contributed by atoms with Crippen LogP contribution in [0, 0.1) is 11.6 Å². The van der Waals surface area contributed by atoms with Gasteiger partial charge in [0.1, 0.15) is 22.8 Å². The van der Waals surface area contributed by atoms with Gasteiger partial charge < -0.3 is 25.8 Å². The van der Waals surface area contributed by atoms with Crippen LogP contribution in [0.3, 0.4) is 0 Å². The number of nitrogens with two attached hydrogens (primary N) is 1. The number of fused-ring (bicyclic) bond motifs is 1. The highest BCUT2D eigenvalue weighted by atomic mass is 19.1. The lowest BCUT2D eigenvalue weighted by Gasteiger charge is -2.30. The molecule has 0 radical (unpaired) electrons. The van der Waals surface area contributed by atoms with E-state index in [1.165, 1.54) is 48.5 Å². The summed E-state index contributed by atoms with van der Waals surface area (Å²) in [5.74, 6) is -1.68. The first-order chi connectivity index (χ1) is 17.8. The second kappa shape index (κ2) is 9.71. The first-order valence-corrected chi connectivity index (χ1v) is 11.6. The van der Waals surface area contributed by atoms with E-state index >= 15 is 4.39 Å². The third kappa shape index (κ3) is 4.23. The van der Waals surface area contributed by atoms with Crippen molar-refractivity contribution in [2.24, 2.45) is 12.8 Å². The lowest BCUT2D eigenvalue weighted by Crippen LogP contribution is -2.41. The normalized spacial score (nSPS) is 17.4. The number of hydrogen-bond donors (Lipinski definition) is 3. The predicted molar refractivity (Wildman–Crippen MR) is 133 cm³/mol. The fourth-order valence-corrected chi connectivity index (χ4v) is 4.79. The number of nitrogens with zero attached hydrogens (tertiary/aromatic N) is 5. The third-order valence-corrected chi connectivity index (χ3v) is 6.54. The summed E-state index contributed by atoms with van der Waals surface area (Å²) in [6.45, 7) is 0.611. The Hall–Kier alpha value is -4.16. The number of anilines is 2. The van der Waals surface area contributed by atoms with E-state index in [1.54, 1.807) is 13.1 Å². The molecule has 1 amide bonds. The zero-order valence-electron chi connectivity index (χ0n) is 20.2. The summed E-state index contributed by atoms with van der Waals surface area (Å²) in [4.78, 5) is 23.5. The van der Waals surface area contributed by atoms with Crippen LogP contribution < -0.4 is 20.7 Å². The van der Waals surface area contributed by atoms with Gasteiger partial charge in [0.2, 0.25) is 0 Å². The Morgan fingerprint density at radius 1 is 1.30 bits per heavy atom. The molecule has 1 aliphatic rings. The molecule has 4 aromatic rings. The van der Waals surface area contributed by atoms with Crippen molar-refractivity contribution in [3.63, 3.8) is 0 Å². The van der Waals surface area contributed by atoms with Gasteiger partial charge in [0.05, 0.1) is 42.4 Å². The van der Waals surface area contributed by atoms with Crippen molar-refractivity contribution >= 4 is 28.2 Å². The molecule has 2 aromatic carbocycles. The fourth-order valence-electron chi connectivity index (χ4n) is 4.79. The number of benzene rings is 2. The number of carbonyl (C=O) groups excluding carboxylic acids is 1. The van der Waals surface area contributed by atoms with Crippen LogP contribution in [0.15, 0.2) is 42.7 Å². The highest BCUT2D eigenvalue weighted by molar-refractivity contribution is 6.09. The molecule has 0 saturated carbocycles. The molecule has 2 aromatic heterocycles. The molecule has 0 spiro atoms. The number of amides is 1. The summed E-state index contributed by atoms with van der Waals surface area (Å²) in [5.41, 5.74) is 6.80. The molecule has 5 rings (SSSR count). The van der Waals surface area contributed by atoms with Gasteiger partial charge in [-0.15, -0.1) is 0 Å². The molecule has 0 bridgehead atoms. The van der Waals surface area contributed by atoms with E-state index in [0.29, 0.717) is 24.0 Å². The molecule has 10 nitrogen and oxygen atoms in total. The Labute approximate surface area is 210 Å². The first-order valence-electron chi connectivity index (χ1n) is 11.6. The average Bonchev–Trinajstić information content (AvgIpc) is 3.46. The van der Waals surface area contributed by atoms with Gasteiger partial charge in [0.15, 0.2) is 11.6 Å². The molecule has 0 unspecified atom stereocenters. The lowest BCUT2D eigenvalue weighted by atomic mass is 10.1. The average molecular weight is 510 g/mol. The molecule has 2 atom stereocenters. The topological polar surface area (TPSA) is 131 Å². The minimum absolute atomic E-state index is 0.0139. The van der Waals surface area contributed by atoms with E-state index < -0.39 is 29.7 Å². The van der Waals surface area contributed by atoms with Gasteiger partial charge in [-0.05, 0) is 24.6 Å². The summed E-state index contributed by atoms with van der Waals surface area (Å²) in [5, 5.41) is 17.8. The molecule has 1 saturated heterocycles. The van der Waals surface area contributed by atoms with E-state index in [0.717, 1.165) is 0 Å². The number of carbonyl (C=O) groups is 1. The van der Waals surface area contributed by atoms with Crippen molar-refractivity contribution in [1.82, 2.24) is 19.7 Å². The first kappa shape index (κ1) is 24.5. The van der Waals surface area contributed by atoms with Crippen molar-refractivity contribution in [3.05, 3.63) is 60.1 Å². The minimum atomic E-state index is -0.675. The molecule has 3 heterocycles. The zero-order chi connectivity index (χ0) is 26.3. The Balaban J connectivity index is 1.57. The molecular formula is C25H25F2N7O3. The van der Waals surface area contributed by atoms with Gasteiger partial charge in [-0.3, -0.25) is 9.48 Å². The SMILES string of the molecule is COc1cccc(F)c1-c1nccc(C(=O)Nc2cc(F)c3c(cnn3C)c2N2CC[C@@H](O)[C@@H]2CN)n1. The maximum atomic E-state index is 15.1. The van der Waals surface area contributed by atoms with Gasteiger partial charge in [-0.25, -0.2) is 18.7 Å². The zero-order valence-corrected chi connectivity index (χ0v) is 20.2.